The summed E-state index contributed by atoms with van der Waals surface area (Å²) >= 11 is 9.64. The summed E-state index contributed by atoms with van der Waals surface area (Å²) in [6.45, 7) is 5.98. The molecule has 2 rings (SSSR count). The van der Waals surface area contributed by atoms with E-state index in [0.29, 0.717) is 33.1 Å². The van der Waals surface area contributed by atoms with Gasteiger partial charge in [-0.2, -0.15) is 0 Å². The molecule has 0 radical (unpaired) electrons. The van der Waals surface area contributed by atoms with Crippen molar-refractivity contribution in [2.24, 2.45) is 0 Å². The molecule has 0 spiro atoms. The summed E-state index contributed by atoms with van der Waals surface area (Å²) in [5, 5.41) is 3.38. The number of aryl methyl sites for hydroxylation is 1. The molecule has 0 saturated carbocycles. The first-order valence-electron chi connectivity index (χ1n) is 8.98. The van der Waals surface area contributed by atoms with Crippen LogP contribution < -0.4 is 10.1 Å². The molecule has 0 aromatic heterocycles. The number of hydrogen-bond acceptors (Lipinski definition) is 4. The number of halogens is 2. The van der Waals surface area contributed by atoms with Crippen LogP contribution in [0.5, 0.6) is 5.75 Å². The van der Waals surface area contributed by atoms with Gasteiger partial charge in [0, 0.05) is 10.7 Å². The zero-order chi connectivity index (χ0) is 20.7. The van der Waals surface area contributed by atoms with Crippen LogP contribution in [-0.2, 0) is 9.53 Å². The summed E-state index contributed by atoms with van der Waals surface area (Å²) < 4.78 is 11.5. The van der Waals surface area contributed by atoms with Gasteiger partial charge in [-0.15, -0.1) is 0 Å². The number of ether oxygens (including phenoxy) is 2. The Bertz CT molecular complexity index is 870. The van der Waals surface area contributed by atoms with Gasteiger partial charge < -0.3 is 14.8 Å². The van der Waals surface area contributed by atoms with Crippen LogP contribution in [0.3, 0.4) is 0 Å². The first kappa shape index (κ1) is 22.2. The molecule has 1 N–H and O–H groups in total. The van der Waals surface area contributed by atoms with Crippen molar-refractivity contribution in [1.82, 2.24) is 0 Å². The van der Waals surface area contributed by atoms with Gasteiger partial charge in [-0.3, -0.25) is 4.79 Å². The molecule has 0 saturated heterocycles. The summed E-state index contributed by atoms with van der Waals surface area (Å²) in [5.74, 6) is -0.201. The van der Waals surface area contributed by atoms with Crippen LogP contribution in [0.25, 0.3) is 0 Å². The highest BCUT2D eigenvalue weighted by atomic mass is 79.9. The Balaban J connectivity index is 1.97. The number of anilines is 1. The minimum absolute atomic E-state index is 0.176. The maximum absolute atomic E-state index is 12.2. The summed E-state index contributed by atoms with van der Waals surface area (Å²) in [5.41, 5.74) is 2.61. The fraction of sp³-hybridized carbons (Fsp3) is 0.333. The van der Waals surface area contributed by atoms with Gasteiger partial charge in [0.15, 0.2) is 6.61 Å². The monoisotopic (exact) mass is 467 g/mol. The van der Waals surface area contributed by atoms with Gasteiger partial charge in [-0.1, -0.05) is 31.0 Å². The van der Waals surface area contributed by atoms with Crippen molar-refractivity contribution < 1.29 is 19.1 Å². The van der Waals surface area contributed by atoms with Gasteiger partial charge in [0.25, 0.3) is 5.91 Å². The first-order chi connectivity index (χ1) is 13.3. The molecule has 0 aliphatic carbocycles. The minimum atomic E-state index is -0.406. The van der Waals surface area contributed by atoms with E-state index in [0.717, 1.165) is 24.0 Å². The van der Waals surface area contributed by atoms with E-state index in [1.54, 1.807) is 30.3 Å². The van der Waals surface area contributed by atoms with E-state index < -0.39 is 5.97 Å². The molecule has 150 valence electrons. The lowest BCUT2D eigenvalue weighted by atomic mass is 10.1. The van der Waals surface area contributed by atoms with Crippen molar-refractivity contribution >= 4 is 45.1 Å². The van der Waals surface area contributed by atoms with Crippen LogP contribution in [0.1, 0.15) is 41.3 Å². The molecule has 0 fully saturated rings. The topological polar surface area (TPSA) is 64.6 Å². The normalized spacial score (nSPS) is 10.5. The number of hydrogen-bond donors (Lipinski definition) is 1. The standard InChI is InChI=1S/C21H23BrClNO4/c1-4-5-9-27-21(26)15-7-6-8-16(11-15)24-18(25)12-28-17-10-13(2)20(23)14(3)19(17)22/h6-8,10-11H,4-5,9,12H2,1-3H3,(H,24,25). The molecule has 28 heavy (non-hydrogen) atoms. The van der Waals surface area contributed by atoms with Crippen LogP contribution in [0.2, 0.25) is 5.02 Å². The zero-order valence-electron chi connectivity index (χ0n) is 16.1. The number of unbranched alkanes of at least 4 members (excludes halogenated alkanes) is 1. The highest BCUT2D eigenvalue weighted by Gasteiger charge is 2.13. The maximum atomic E-state index is 12.2. The smallest absolute Gasteiger partial charge is 0.338 e. The fourth-order valence-corrected chi connectivity index (χ4v) is 3.15. The Hall–Kier alpha value is -2.05. The summed E-state index contributed by atoms with van der Waals surface area (Å²) in [4.78, 5) is 24.3. The summed E-state index contributed by atoms with van der Waals surface area (Å²) in [6, 6.07) is 8.40. The van der Waals surface area contributed by atoms with E-state index in [2.05, 4.69) is 21.2 Å². The lowest BCUT2D eigenvalue weighted by molar-refractivity contribution is -0.118. The Morgan fingerprint density at radius 3 is 2.68 bits per heavy atom. The van der Waals surface area contributed by atoms with Gasteiger partial charge in [0.05, 0.1) is 16.6 Å². The van der Waals surface area contributed by atoms with Gasteiger partial charge in [-0.25, -0.2) is 4.79 Å². The first-order valence-corrected chi connectivity index (χ1v) is 10.2. The van der Waals surface area contributed by atoms with Crippen molar-refractivity contribution in [3.8, 4) is 5.75 Å². The fourth-order valence-electron chi connectivity index (χ4n) is 2.46. The van der Waals surface area contributed by atoms with Gasteiger partial charge in [0.2, 0.25) is 0 Å². The predicted molar refractivity (Wildman–Crippen MR) is 114 cm³/mol. The Kier molecular flexibility index (Phi) is 8.33. The molecular formula is C21H23BrClNO4. The average Bonchev–Trinajstić information content (AvgIpc) is 2.68. The number of nitrogens with one attached hydrogen (secondary N) is 1. The number of rotatable bonds is 8. The highest BCUT2D eigenvalue weighted by Crippen LogP contribution is 2.35. The van der Waals surface area contributed by atoms with Gasteiger partial charge in [0.1, 0.15) is 5.75 Å². The van der Waals surface area contributed by atoms with E-state index in [9.17, 15) is 9.59 Å². The molecule has 7 heteroatoms. The lowest BCUT2D eigenvalue weighted by Crippen LogP contribution is -2.20. The number of carbonyl (C=O) groups excluding carboxylic acids is 2. The second-order valence-electron chi connectivity index (χ2n) is 6.35. The van der Waals surface area contributed by atoms with E-state index in [-0.39, 0.29) is 12.5 Å². The van der Waals surface area contributed by atoms with Crippen molar-refractivity contribution in [2.45, 2.75) is 33.6 Å². The Morgan fingerprint density at radius 2 is 1.96 bits per heavy atom. The van der Waals surface area contributed by atoms with Crippen molar-refractivity contribution in [1.29, 1.82) is 0 Å². The van der Waals surface area contributed by atoms with E-state index in [1.807, 2.05) is 20.8 Å². The maximum Gasteiger partial charge on any atom is 0.338 e. The van der Waals surface area contributed by atoms with Crippen LogP contribution >= 0.6 is 27.5 Å². The van der Waals surface area contributed by atoms with Crippen molar-refractivity contribution in [3.05, 3.63) is 56.5 Å². The van der Waals surface area contributed by atoms with E-state index >= 15 is 0 Å². The van der Waals surface area contributed by atoms with Gasteiger partial charge >= 0.3 is 5.97 Å². The third kappa shape index (κ3) is 5.97. The third-order valence-electron chi connectivity index (χ3n) is 4.04. The average molecular weight is 469 g/mol. The predicted octanol–water partition coefficient (Wildman–Crippen LogP) is 5.69. The van der Waals surface area contributed by atoms with E-state index in [4.69, 9.17) is 21.1 Å². The minimum Gasteiger partial charge on any atom is -0.483 e. The van der Waals surface area contributed by atoms with Gasteiger partial charge in [-0.05, 0) is 71.6 Å². The summed E-state index contributed by atoms with van der Waals surface area (Å²) in [6.07, 6.45) is 1.77. The molecule has 0 bridgehead atoms. The quantitative estimate of drug-likeness (QED) is 0.399. The van der Waals surface area contributed by atoms with E-state index in [1.165, 1.54) is 0 Å². The number of carbonyl (C=O) groups is 2. The highest BCUT2D eigenvalue weighted by molar-refractivity contribution is 9.10. The third-order valence-corrected chi connectivity index (χ3v) is 5.61. The van der Waals surface area contributed by atoms with Crippen molar-refractivity contribution in [2.75, 3.05) is 18.5 Å². The lowest BCUT2D eigenvalue weighted by Gasteiger charge is -2.13. The van der Waals surface area contributed by atoms with Crippen LogP contribution in [0.4, 0.5) is 5.69 Å². The molecule has 0 unspecified atom stereocenters. The number of benzene rings is 2. The molecule has 0 aliphatic rings. The second kappa shape index (κ2) is 10.5. The number of amides is 1. The molecule has 5 nitrogen and oxygen atoms in total. The SMILES string of the molecule is CCCCOC(=O)c1cccc(NC(=O)COc2cc(C)c(Cl)c(C)c2Br)c1. The Morgan fingerprint density at radius 1 is 1.21 bits per heavy atom. The second-order valence-corrected chi connectivity index (χ2v) is 7.52. The summed E-state index contributed by atoms with van der Waals surface area (Å²) in [7, 11) is 0. The molecule has 0 heterocycles. The largest absolute Gasteiger partial charge is 0.483 e. The molecule has 2 aromatic carbocycles. The Labute approximate surface area is 178 Å². The van der Waals surface area contributed by atoms with Crippen LogP contribution in [0.15, 0.2) is 34.8 Å². The molecule has 2 aromatic rings. The van der Waals surface area contributed by atoms with Crippen LogP contribution in [-0.4, -0.2) is 25.1 Å². The zero-order valence-corrected chi connectivity index (χ0v) is 18.4. The van der Waals surface area contributed by atoms with Crippen molar-refractivity contribution in [3.63, 3.8) is 0 Å². The molecule has 1 amide bonds. The molecular weight excluding hydrogens is 446 g/mol. The van der Waals surface area contributed by atoms with Crippen LogP contribution in [0, 0.1) is 13.8 Å². The number of esters is 1. The molecule has 0 atom stereocenters. The molecule has 0 aliphatic heterocycles.